The molecule has 0 rings (SSSR count). The standard InChI is InChI=1S/C10H21NO6.CH5N/c11-1-2-14-3-4-15-5-6-16-7-8-17-9-10(12)13;1-2/h1-9,11H2,(H,12,13);2H2,1H3/p+1. The van der Waals surface area contributed by atoms with E-state index in [1.54, 1.807) is 7.05 Å². The number of nitrogens with two attached hydrogens (primary N) is 1. The maximum Gasteiger partial charge on any atom is 0.329 e. The Morgan fingerprint density at radius 1 is 0.895 bits per heavy atom. The number of carbonyl (C=O) groups is 1. The molecule has 0 radical (unpaired) electrons. The van der Waals surface area contributed by atoms with Crippen molar-refractivity contribution in [2.75, 3.05) is 66.4 Å². The first-order valence-electron chi connectivity index (χ1n) is 6.21. The van der Waals surface area contributed by atoms with Gasteiger partial charge in [0, 0.05) is 6.54 Å². The molecule has 0 unspecified atom stereocenters. The highest BCUT2D eigenvalue weighted by Crippen LogP contribution is 1.82. The van der Waals surface area contributed by atoms with Crippen molar-refractivity contribution in [3.63, 3.8) is 0 Å². The van der Waals surface area contributed by atoms with Gasteiger partial charge in [0.1, 0.15) is 6.61 Å². The lowest BCUT2D eigenvalue weighted by atomic mass is 10.7. The molecule has 0 spiro atoms. The minimum Gasteiger partial charge on any atom is -0.480 e. The molecule has 0 saturated carbocycles. The second-order valence-corrected chi connectivity index (χ2v) is 3.07. The van der Waals surface area contributed by atoms with Gasteiger partial charge in [-0.15, -0.1) is 0 Å². The van der Waals surface area contributed by atoms with E-state index >= 15 is 0 Å². The molecule has 116 valence electrons. The highest BCUT2D eigenvalue weighted by molar-refractivity contribution is 5.67. The van der Waals surface area contributed by atoms with Crippen LogP contribution in [0.2, 0.25) is 0 Å². The molecule has 0 aliphatic carbocycles. The maximum atomic E-state index is 10.1. The topological polar surface area (TPSA) is 128 Å². The third-order valence-electron chi connectivity index (χ3n) is 1.60. The van der Waals surface area contributed by atoms with E-state index in [2.05, 4.69) is 5.73 Å². The Balaban J connectivity index is 0. The van der Waals surface area contributed by atoms with E-state index < -0.39 is 5.97 Å². The van der Waals surface area contributed by atoms with Crippen LogP contribution in [0.4, 0.5) is 0 Å². The van der Waals surface area contributed by atoms with Crippen molar-refractivity contribution in [2.24, 2.45) is 5.73 Å². The van der Waals surface area contributed by atoms with Gasteiger partial charge in [-0.2, -0.15) is 0 Å². The quantitative estimate of drug-likeness (QED) is 0.332. The zero-order valence-electron chi connectivity index (χ0n) is 11.6. The summed E-state index contributed by atoms with van der Waals surface area (Å²) in [5.41, 5.74) is 8.48. The number of carboxylic acid groups (broad SMARTS) is 1. The average molecular weight is 283 g/mol. The van der Waals surface area contributed by atoms with Crippen LogP contribution in [-0.4, -0.2) is 77.5 Å². The van der Waals surface area contributed by atoms with Crippen LogP contribution < -0.4 is 11.5 Å². The third-order valence-corrected chi connectivity index (χ3v) is 1.60. The highest BCUT2D eigenvalue weighted by atomic mass is 16.6. The maximum absolute atomic E-state index is 10.1. The first-order valence-corrected chi connectivity index (χ1v) is 6.21. The van der Waals surface area contributed by atoms with Crippen molar-refractivity contribution < 1.29 is 34.6 Å². The van der Waals surface area contributed by atoms with Crippen molar-refractivity contribution in [2.45, 2.75) is 0 Å². The number of ether oxygens (including phenoxy) is 4. The van der Waals surface area contributed by atoms with Crippen LogP contribution >= 0.6 is 0 Å². The lowest BCUT2D eigenvalue weighted by Crippen LogP contribution is -2.40. The monoisotopic (exact) mass is 283 g/mol. The summed E-state index contributed by atoms with van der Waals surface area (Å²) in [6, 6.07) is 0. The Labute approximate surface area is 113 Å². The summed E-state index contributed by atoms with van der Waals surface area (Å²) in [4.78, 5) is 10.1. The predicted octanol–water partition coefficient (Wildman–Crippen LogP) is -2.05. The molecule has 0 aliphatic heterocycles. The summed E-state index contributed by atoms with van der Waals surface area (Å²) in [6.45, 7) is 3.36. The number of hydrogen-bond donors (Lipinski definition) is 3. The minimum absolute atomic E-state index is 0.270. The largest absolute Gasteiger partial charge is 0.480 e. The number of quaternary nitrogens is 1. The van der Waals surface area contributed by atoms with Crippen LogP contribution in [0, 0.1) is 0 Å². The van der Waals surface area contributed by atoms with Gasteiger partial charge in [-0.05, 0) is 0 Å². The molecule has 6 N–H and O–H groups in total. The van der Waals surface area contributed by atoms with E-state index in [9.17, 15) is 4.79 Å². The number of hydrogen-bond acceptors (Lipinski definition) is 6. The predicted molar refractivity (Wildman–Crippen MR) is 68.8 cm³/mol. The van der Waals surface area contributed by atoms with E-state index in [1.807, 2.05) is 0 Å². The van der Waals surface area contributed by atoms with Crippen LogP contribution in [0.25, 0.3) is 0 Å². The molecule has 0 amide bonds. The normalized spacial score (nSPS) is 9.84. The van der Waals surface area contributed by atoms with Gasteiger partial charge in [0.15, 0.2) is 0 Å². The smallest absolute Gasteiger partial charge is 0.329 e. The fourth-order valence-corrected chi connectivity index (χ4v) is 0.903. The highest BCUT2D eigenvalue weighted by Gasteiger charge is 1.95. The van der Waals surface area contributed by atoms with E-state index in [0.717, 1.165) is 0 Å². The van der Waals surface area contributed by atoms with Gasteiger partial charge in [-0.25, -0.2) is 4.79 Å². The van der Waals surface area contributed by atoms with E-state index in [4.69, 9.17) is 29.8 Å². The van der Waals surface area contributed by atoms with E-state index in [0.29, 0.717) is 46.2 Å². The van der Waals surface area contributed by atoms with Gasteiger partial charge < -0.3 is 35.5 Å². The van der Waals surface area contributed by atoms with Gasteiger partial charge in [0.2, 0.25) is 0 Å². The Morgan fingerprint density at radius 2 is 1.26 bits per heavy atom. The lowest BCUT2D eigenvalue weighted by Gasteiger charge is -2.06. The first-order chi connectivity index (χ1) is 9.27. The van der Waals surface area contributed by atoms with Gasteiger partial charge in [0.25, 0.3) is 0 Å². The molecule has 0 saturated heterocycles. The summed E-state index contributed by atoms with van der Waals surface area (Å²) in [5, 5.41) is 8.27. The molecule has 0 aromatic heterocycles. The van der Waals surface area contributed by atoms with Gasteiger partial charge >= 0.3 is 5.97 Å². The average Bonchev–Trinajstić information content (AvgIpc) is 2.42. The first kappa shape index (κ1) is 20.5. The second-order valence-electron chi connectivity index (χ2n) is 3.07. The van der Waals surface area contributed by atoms with Crippen molar-refractivity contribution in [1.82, 2.24) is 0 Å². The zero-order chi connectivity index (χ0) is 14.8. The number of aliphatic carboxylic acids is 1. The summed E-state index contributed by atoms with van der Waals surface area (Å²) in [6.07, 6.45) is 0. The van der Waals surface area contributed by atoms with Crippen LogP contribution in [0.5, 0.6) is 0 Å². The van der Waals surface area contributed by atoms with Crippen molar-refractivity contribution >= 4 is 5.97 Å². The summed E-state index contributed by atoms with van der Waals surface area (Å²) in [7, 11) is 1.75. The molecule has 0 atom stereocenters. The minimum atomic E-state index is -0.981. The number of rotatable bonds is 13. The summed E-state index contributed by atoms with van der Waals surface area (Å²) >= 11 is 0. The van der Waals surface area contributed by atoms with Crippen molar-refractivity contribution in [3.05, 3.63) is 0 Å². The van der Waals surface area contributed by atoms with Gasteiger partial charge in [0.05, 0.1) is 53.3 Å². The molecule has 0 bridgehead atoms. The lowest BCUT2D eigenvalue weighted by molar-refractivity contribution is -0.325. The molecular formula is C11H27N2O6+. The van der Waals surface area contributed by atoms with Crippen LogP contribution in [0.3, 0.4) is 0 Å². The molecule has 0 aromatic carbocycles. The zero-order valence-corrected chi connectivity index (χ0v) is 11.6. The molecule has 8 nitrogen and oxygen atoms in total. The molecule has 19 heavy (non-hydrogen) atoms. The van der Waals surface area contributed by atoms with Crippen molar-refractivity contribution in [3.8, 4) is 0 Å². The Kier molecular flexibility index (Phi) is 21.2. The molecule has 0 fully saturated rings. The Bertz CT molecular complexity index is 183. The fourth-order valence-electron chi connectivity index (χ4n) is 0.903. The Hall–Kier alpha value is -0.770. The van der Waals surface area contributed by atoms with Crippen LogP contribution in [0.1, 0.15) is 0 Å². The van der Waals surface area contributed by atoms with E-state index in [1.165, 1.54) is 0 Å². The molecule has 0 aromatic rings. The molecule has 8 heteroatoms. The van der Waals surface area contributed by atoms with Crippen LogP contribution in [0.15, 0.2) is 0 Å². The SMILES string of the molecule is C[NH3+].NCCOCCOCCOCCOCC(=O)O. The fraction of sp³-hybridized carbons (Fsp3) is 0.909. The van der Waals surface area contributed by atoms with Crippen molar-refractivity contribution in [1.29, 1.82) is 0 Å². The Morgan fingerprint density at radius 3 is 1.63 bits per heavy atom. The molecule has 0 heterocycles. The third kappa shape index (κ3) is 22.8. The van der Waals surface area contributed by atoms with Crippen LogP contribution in [-0.2, 0) is 23.7 Å². The summed E-state index contributed by atoms with van der Waals surface area (Å²) < 4.78 is 20.2. The second kappa shape index (κ2) is 19.6. The van der Waals surface area contributed by atoms with Gasteiger partial charge in [-0.3, -0.25) is 0 Å². The molecule has 0 aliphatic rings. The van der Waals surface area contributed by atoms with Gasteiger partial charge in [-0.1, -0.05) is 0 Å². The number of carboxylic acids is 1. The molecular weight excluding hydrogens is 256 g/mol. The summed E-state index contributed by atoms with van der Waals surface area (Å²) in [5.74, 6) is -0.981. The van der Waals surface area contributed by atoms with E-state index in [-0.39, 0.29) is 13.2 Å².